The zero-order valence-corrected chi connectivity index (χ0v) is 12.4. The normalized spacial score (nSPS) is 17.4. The highest BCUT2D eigenvalue weighted by Crippen LogP contribution is 2.19. The monoisotopic (exact) mass is 306 g/mol. The summed E-state index contributed by atoms with van der Waals surface area (Å²) in [6.45, 7) is 1.40. The number of hydrogen-bond acceptors (Lipinski definition) is 6. The van der Waals surface area contributed by atoms with Crippen LogP contribution in [0.2, 0.25) is 0 Å². The number of nitrogens with one attached hydrogen (secondary N) is 3. The zero-order chi connectivity index (χ0) is 14.7. The lowest BCUT2D eigenvalue weighted by molar-refractivity contribution is -0.123. The number of imidazole rings is 1. The largest absolute Gasteiger partial charge is 0.375 e. The smallest absolute Gasteiger partial charge is 0.243 e. The highest BCUT2D eigenvalue weighted by molar-refractivity contribution is 7.13. The van der Waals surface area contributed by atoms with Crippen molar-refractivity contribution in [2.45, 2.75) is 25.3 Å². The molecule has 0 aromatic carbocycles. The quantitative estimate of drug-likeness (QED) is 0.597. The van der Waals surface area contributed by atoms with Crippen LogP contribution in [0.5, 0.6) is 0 Å². The van der Waals surface area contributed by atoms with E-state index in [1.165, 1.54) is 11.3 Å². The molecule has 3 rings (SSSR count). The summed E-state index contributed by atoms with van der Waals surface area (Å²) in [5, 5.41) is 8.69. The number of nitrogens with two attached hydrogens (primary N) is 1. The van der Waals surface area contributed by atoms with Gasteiger partial charge in [-0.05, 0) is 12.8 Å². The topological polar surface area (TPSA) is 109 Å². The predicted octanol–water partition coefficient (Wildman–Crippen LogP) is 0.384. The maximum atomic E-state index is 12.2. The first kappa shape index (κ1) is 14.0. The summed E-state index contributed by atoms with van der Waals surface area (Å²) in [4.78, 5) is 23.7. The number of H-pyrrole nitrogens is 1. The second kappa shape index (κ2) is 6.23. The number of fused-ring (bicyclic) bond motifs is 1. The van der Waals surface area contributed by atoms with E-state index in [1.54, 1.807) is 6.33 Å². The molecule has 1 atom stereocenters. The van der Waals surface area contributed by atoms with Gasteiger partial charge in [-0.1, -0.05) is 0 Å². The number of carbonyl (C=O) groups excluding carboxylic acids is 1. The van der Waals surface area contributed by atoms with Crippen molar-refractivity contribution in [2.75, 3.05) is 18.8 Å². The summed E-state index contributed by atoms with van der Waals surface area (Å²) < 4.78 is 0. The van der Waals surface area contributed by atoms with Crippen molar-refractivity contribution in [3.05, 3.63) is 28.8 Å². The zero-order valence-electron chi connectivity index (χ0n) is 11.6. The van der Waals surface area contributed by atoms with Gasteiger partial charge in [0.05, 0.1) is 17.7 Å². The molecule has 5 N–H and O–H groups in total. The Morgan fingerprint density at radius 3 is 3.29 bits per heavy atom. The van der Waals surface area contributed by atoms with Gasteiger partial charge in [0.2, 0.25) is 5.91 Å². The van der Waals surface area contributed by atoms with Crippen LogP contribution in [0.3, 0.4) is 0 Å². The minimum absolute atomic E-state index is 0.0270. The van der Waals surface area contributed by atoms with E-state index in [-0.39, 0.29) is 11.9 Å². The molecule has 1 amide bonds. The highest BCUT2D eigenvalue weighted by atomic mass is 32.1. The van der Waals surface area contributed by atoms with Gasteiger partial charge in [0.15, 0.2) is 5.13 Å². The van der Waals surface area contributed by atoms with Gasteiger partial charge in [-0.15, -0.1) is 11.3 Å². The number of nitrogens with zero attached hydrogens (tertiary/aromatic N) is 2. The molecule has 2 aromatic heterocycles. The lowest BCUT2D eigenvalue weighted by Gasteiger charge is -2.22. The molecule has 3 heterocycles. The molecule has 0 unspecified atom stereocenters. The van der Waals surface area contributed by atoms with Crippen molar-refractivity contribution in [1.82, 2.24) is 25.6 Å². The van der Waals surface area contributed by atoms with E-state index in [9.17, 15) is 4.79 Å². The lowest BCUT2D eigenvalue weighted by Crippen LogP contribution is -2.41. The molecule has 0 saturated heterocycles. The second-order valence-corrected chi connectivity index (χ2v) is 5.86. The van der Waals surface area contributed by atoms with Gasteiger partial charge in [0.1, 0.15) is 6.04 Å². The van der Waals surface area contributed by atoms with Gasteiger partial charge >= 0.3 is 0 Å². The van der Waals surface area contributed by atoms with Gasteiger partial charge < -0.3 is 21.4 Å². The minimum atomic E-state index is -0.352. The molecular formula is C13H18N6OS. The van der Waals surface area contributed by atoms with Crippen molar-refractivity contribution in [3.8, 4) is 0 Å². The van der Waals surface area contributed by atoms with Crippen LogP contribution < -0.4 is 16.4 Å². The third-order valence-electron chi connectivity index (χ3n) is 3.49. The summed E-state index contributed by atoms with van der Waals surface area (Å²) in [5.41, 5.74) is 8.43. The number of aryl methyl sites for hydroxylation is 1. The molecule has 0 aliphatic carbocycles. The fraction of sp³-hybridized carbons (Fsp3) is 0.462. The summed E-state index contributed by atoms with van der Waals surface area (Å²) in [7, 11) is 0. The highest BCUT2D eigenvalue weighted by Gasteiger charge is 2.27. The van der Waals surface area contributed by atoms with Crippen molar-refractivity contribution >= 4 is 22.4 Å². The van der Waals surface area contributed by atoms with Crippen molar-refractivity contribution in [3.63, 3.8) is 0 Å². The average Bonchev–Trinajstić information content (AvgIpc) is 3.11. The molecule has 8 heteroatoms. The SMILES string of the molecule is Nc1nc(CCCNC(=O)[C@@H]2NCCc3[nH]cnc32)cs1. The number of amides is 1. The van der Waals surface area contributed by atoms with Gasteiger partial charge in [-0.3, -0.25) is 4.79 Å². The van der Waals surface area contributed by atoms with Gasteiger partial charge in [0, 0.05) is 30.6 Å². The van der Waals surface area contributed by atoms with Crippen molar-refractivity contribution in [2.24, 2.45) is 0 Å². The molecular weight excluding hydrogens is 288 g/mol. The van der Waals surface area contributed by atoms with E-state index >= 15 is 0 Å². The van der Waals surface area contributed by atoms with Crippen LogP contribution in [0.4, 0.5) is 5.13 Å². The minimum Gasteiger partial charge on any atom is -0.375 e. The number of carbonyl (C=O) groups is 1. The molecule has 112 valence electrons. The van der Waals surface area contributed by atoms with Crippen LogP contribution in [0, 0.1) is 0 Å². The van der Waals surface area contributed by atoms with Gasteiger partial charge in [-0.25, -0.2) is 9.97 Å². The average molecular weight is 306 g/mol. The third-order valence-corrected chi connectivity index (χ3v) is 4.21. The molecule has 0 radical (unpaired) electrons. The molecule has 7 nitrogen and oxygen atoms in total. The molecule has 2 aromatic rings. The van der Waals surface area contributed by atoms with Gasteiger partial charge in [-0.2, -0.15) is 0 Å². The summed E-state index contributed by atoms with van der Waals surface area (Å²) in [5.74, 6) is -0.0270. The summed E-state index contributed by atoms with van der Waals surface area (Å²) in [6, 6.07) is -0.352. The van der Waals surface area contributed by atoms with E-state index in [1.807, 2.05) is 5.38 Å². The maximum absolute atomic E-state index is 12.2. The molecule has 0 saturated carbocycles. The van der Waals surface area contributed by atoms with E-state index in [0.717, 1.165) is 42.9 Å². The summed E-state index contributed by atoms with van der Waals surface area (Å²) in [6.07, 6.45) is 4.18. The van der Waals surface area contributed by atoms with E-state index in [2.05, 4.69) is 25.6 Å². The lowest BCUT2D eigenvalue weighted by atomic mass is 10.0. The Bertz CT molecular complexity index is 622. The molecule has 21 heavy (non-hydrogen) atoms. The van der Waals surface area contributed by atoms with E-state index in [0.29, 0.717) is 11.7 Å². The Morgan fingerprint density at radius 2 is 2.48 bits per heavy atom. The predicted molar refractivity (Wildman–Crippen MR) is 80.9 cm³/mol. The second-order valence-electron chi connectivity index (χ2n) is 4.98. The van der Waals surface area contributed by atoms with Crippen LogP contribution in [-0.4, -0.2) is 33.9 Å². The number of anilines is 1. The first-order chi connectivity index (χ1) is 10.2. The maximum Gasteiger partial charge on any atom is 0.243 e. The summed E-state index contributed by atoms with van der Waals surface area (Å²) >= 11 is 1.44. The number of thiazole rings is 1. The number of rotatable bonds is 5. The Balaban J connectivity index is 1.47. The van der Waals surface area contributed by atoms with E-state index in [4.69, 9.17) is 5.73 Å². The Kier molecular flexibility index (Phi) is 4.16. The number of nitrogen functional groups attached to an aromatic ring is 1. The van der Waals surface area contributed by atoms with E-state index < -0.39 is 0 Å². The Labute approximate surface area is 126 Å². The first-order valence-corrected chi connectivity index (χ1v) is 7.85. The van der Waals surface area contributed by atoms with Crippen molar-refractivity contribution < 1.29 is 4.79 Å². The number of aromatic nitrogens is 3. The van der Waals surface area contributed by atoms with Crippen LogP contribution in [-0.2, 0) is 17.6 Å². The van der Waals surface area contributed by atoms with Crippen LogP contribution >= 0.6 is 11.3 Å². The van der Waals surface area contributed by atoms with Crippen molar-refractivity contribution in [1.29, 1.82) is 0 Å². The molecule has 0 spiro atoms. The molecule has 1 aliphatic rings. The molecule has 0 bridgehead atoms. The fourth-order valence-electron chi connectivity index (χ4n) is 2.46. The number of aromatic amines is 1. The van der Waals surface area contributed by atoms with Crippen LogP contribution in [0.1, 0.15) is 29.5 Å². The van der Waals surface area contributed by atoms with Gasteiger partial charge in [0.25, 0.3) is 0 Å². The van der Waals surface area contributed by atoms with Crippen LogP contribution in [0.25, 0.3) is 0 Å². The van der Waals surface area contributed by atoms with Crippen LogP contribution in [0.15, 0.2) is 11.7 Å². The fourth-order valence-corrected chi connectivity index (χ4v) is 3.05. The third kappa shape index (κ3) is 3.22. The number of hydrogen-bond donors (Lipinski definition) is 4. The standard InChI is InChI=1S/C13H18N6OS/c14-13-19-8(6-21-13)2-1-4-16-12(20)11-10-9(3-5-15-11)17-7-18-10/h6-7,11,15H,1-5H2,(H2,14,19)(H,16,20)(H,17,18)/t11-/m1/s1. The molecule has 0 fully saturated rings. The first-order valence-electron chi connectivity index (χ1n) is 6.97. The Morgan fingerprint density at radius 1 is 1.57 bits per heavy atom. The Hall–Kier alpha value is -1.93. The molecule has 1 aliphatic heterocycles.